The van der Waals surface area contributed by atoms with Crippen LogP contribution in [0.15, 0.2) is 0 Å². The van der Waals surface area contributed by atoms with Gasteiger partial charge in [-0.15, -0.1) is 0 Å². The van der Waals surface area contributed by atoms with Crippen LogP contribution in [0.2, 0.25) is 0 Å². The Morgan fingerprint density at radius 2 is 2.08 bits per heavy atom. The van der Waals surface area contributed by atoms with E-state index in [0.717, 1.165) is 0 Å². The van der Waals surface area contributed by atoms with Gasteiger partial charge in [-0.3, -0.25) is 4.79 Å². The first kappa shape index (κ1) is 10.5. The van der Waals surface area contributed by atoms with Gasteiger partial charge < -0.3 is 14.9 Å². The summed E-state index contributed by atoms with van der Waals surface area (Å²) in [6.45, 7) is 3.45. The van der Waals surface area contributed by atoms with Gasteiger partial charge in [0.1, 0.15) is 6.10 Å². The van der Waals surface area contributed by atoms with E-state index in [1.165, 1.54) is 0 Å². The number of carbonyl (C=O) groups excluding carboxylic acids is 1. The minimum atomic E-state index is -0.655. The Bertz CT molecular complexity index is 192. The molecule has 1 saturated heterocycles. The van der Waals surface area contributed by atoms with E-state index in [1.807, 2.05) is 6.92 Å². The Morgan fingerprint density at radius 3 is 2.62 bits per heavy atom. The smallest absolute Gasteiger partial charge is 0.311 e. The number of esters is 1. The number of aliphatic hydroxyl groups is 2. The average Bonchev–Trinajstić information content (AvgIpc) is 2.11. The van der Waals surface area contributed by atoms with E-state index >= 15 is 0 Å². The molecule has 0 aromatic carbocycles. The van der Waals surface area contributed by atoms with E-state index < -0.39 is 12.0 Å². The van der Waals surface area contributed by atoms with Gasteiger partial charge in [-0.25, -0.2) is 0 Å². The number of rotatable bonds is 2. The fourth-order valence-electron chi connectivity index (χ4n) is 1.63. The van der Waals surface area contributed by atoms with Crippen LogP contribution in [0.3, 0.4) is 0 Å². The van der Waals surface area contributed by atoms with E-state index in [2.05, 4.69) is 0 Å². The van der Waals surface area contributed by atoms with Crippen LogP contribution >= 0.6 is 0 Å². The van der Waals surface area contributed by atoms with E-state index in [0.29, 0.717) is 6.42 Å². The predicted molar refractivity (Wildman–Crippen MR) is 45.9 cm³/mol. The summed E-state index contributed by atoms with van der Waals surface area (Å²) in [4.78, 5) is 11.2. The lowest BCUT2D eigenvalue weighted by molar-refractivity contribution is -0.178. The molecule has 2 N–H and O–H groups in total. The molecule has 1 rings (SSSR count). The molecule has 1 heterocycles. The summed E-state index contributed by atoms with van der Waals surface area (Å²) in [6, 6.07) is 0. The highest BCUT2D eigenvalue weighted by Crippen LogP contribution is 2.27. The lowest BCUT2D eigenvalue weighted by atomic mass is 9.85. The lowest BCUT2D eigenvalue weighted by Gasteiger charge is -2.35. The molecule has 4 heteroatoms. The van der Waals surface area contributed by atoms with Gasteiger partial charge in [-0.2, -0.15) is 0 Å². The van der Waals surface area contributed by atoms with Crippen molar-refractivity contribution < 1.29 is 19.7 Å². The minimum Gasteiger partial charge on any atom is -0.462 e. The third-order valence-electron chi connectivity index (χ3n) is 2.69. The van der Waals surface area contributed by atoms with Gasteiger partial charge >= 0.3 is 5.97 Å². The molecule has 0 aliphatic carbocycles. The van der Waals surface area contributed by atoms with Crippen LogP contribution in [0.5, 0.6) is 0 Å². The summed E-state index contributed by atoms with van der Waals surface area (Å²) in [5.41, 5.74) is 0. The fourth-order valence-corrected chi connectivity index (χ4v) is 1.63. The summed E-state index contributed by atoms with van der Waals surface area (Å²) in [5, 5.41) is 18.3. The molecule has 0 unspecified atom stereocenters. The molecule has 0 amide bonds. The van der Waals surface area contributed by atoms with E-state index in [-0.39, 0.29) is 24.6 Å². The maximum Gasteiger partial charge on any atom is 0.311 e. The molecule has 1 aliphatic heterocycles. The summed E-state index contributed by atoms with van der Waals surface area (Å²) in [7, 11) is 0. The molecular weight excluding hydrogens is 172 g/mol. The number of carbonyl (C=O) groups is 1. The first-order valence-electron chi connectivity index (χ1n) is 4.57. The van der Waals surface area contributed by atoms with Gasteiger partial charge in [-0.05, 0) is 6.92 Å². The second-order valence-corrected chi connectivity index (χ2v) is 3.63. The highest BCUT2D eigenvalue weighted by atomic mass is 16.5. The van der Waals surface area contributed by atoms with Crippen molar-refractivity contribution in [2.45, 2.75) is 32.5 Å². The van der Waals surface area contributed by atoms with Crippen molar-refractivity contribution in [3.63, 3.8) is 0 Å². The molecule has 0 aromatic heterocycles. The zero-order valence-corrected chi connectivity index (χ0v) is 7.93. The molecule has 0 spiro atoms. The molecule has 4 nitrogen and oxygen atoms in total. The Balaban J connectivity index is 2.64. The number of cyclic esters (lactones) is 1. The summed E-state index contributed by atoms with van der Waals surface area (Å²) >= 11 is 0. The summed E-state index contributed by atoms with van der Waals surface area (Å²) in [6.07, 6.45) is -0.599. The Labute approximate surface area is 77.5 Å². The van der Waals surface area contributed by atoms with Crippen molar-refractivity contribution >= 4 is 5.97 Å². The number of hydrogen-bond donors (Lipinski definition) is 2. The molecule has 1 aliphatic rings. The minimum absolute atomic E-state index is 0.0244. The van der Waals surface area contributed by atoms with Crippen molar-refractivity contribution in [1.29, 1.82) is 0 Å². The van der Waals surface area contributed by atoms with Gasteiger partial charge in [-0.1, -0.05) is 6.92 Å². The predicted octanol–water partition coefficient (Wildman–Crippen LogP) is -0.0727. The summed E-state index contributed by atoms with van der Waals surface area (Å²) < 4.78 is 5.06. The third kappa shape index (κ3) is 2.00. The first-order chi connectivity index (χ1) is 6.07. The first-order valence-corrected chi connectivity index (χ1v) is 4.57. The molecule has 0 aromatic rings. The Morgan fingerprint density at radius 1 is 1.46 bits per heavy atom. The van der Waals surface area contributed by atoms with Crippen LogP contribution in [-0.4, -0.2) is 35.0 Å². The van der Waals surface area contributed by atoms with Crippen LogP contribution in [0.1, 0.15) is 20.3 Å². The van der Waals surface area contributed by atoms with E-state index in [1.54, 1.807) is 6.92 Å². The van der Waals surface area contributed by atoms with Crippen LogP contribution in [-0.2, 0) is 9.53 Å². The van der Waals surface area contributed by atoms with Gasteiger partial charge in [0, 0.05) is 18.9 Å². The SMILES string of the molecule is C[C@@H]1[C@H](O)[C@H](C)C(=O)O[C@@H]1CCO. The fraction of sp³-hybridized carbons (Fsp3) is 0.889. The average molecular weight is 188 g/mol. The lowest BCUT2D eigenvalue weighted by Crippen LogP contribution is -2.46. The largest absolute Gasteiger partial charge is 0.462 e. The molecule has 1 fully saturated rings. The zero-order valence-electron chi connectivity index (χ0n) is 7.93. The van der Waals surface area contributed by atoms with Crippen LogP contribution in [0.4, 0.5) is 0 Å². The highest BCUT2D eigenvalue weighted by molar-refractivity contribution is 5.73. The topological polar surface area (TPSA) is 66.8 Å². The number of aliphatic hydroxyl groups excluding tert-OH is 2. The third-order valence-corrected chi connectivity index (χ3v) is 2.69. The van der Waals surface area contributed by atoms with Crippen LogP contribution in [0, 0.1) is 11.8 Å². The van der Waals surface area contributed by atoms with Crippen molar-refractivity contribution in [2.24, 2.45) is 11.8 Å². The van der Waals surface area contributed by atoms with E-state index in [9.17, 15) is 9.90 Å². The number of ether oxygens (including phenoxy) is 1. The normalized spacial score (nSPS) is 40.2. The molecule has 76 valence electrons. The second-order valence-electron chi connectivity index (χ2n) is 3.63. The van der Waals surface area contributed by atoms with Gasteiger partial charge in [0.05, 0.1) is 12.0 Å². The molecule has 0 saturated carbocycles. The van der Waals surface area contributed by atoms with Crippen LogP contribution < -0.4 is 0 Å². The Kier molecular flexibility index (Phi) is 3.27. The van der Waals surface area contributed by atoms with Crippen molar-refractivity contribution in [1.82, 2.24) is 0 Å². The number of hydrogen-bond acceptors (Lipinski definition) is 4. The molecule has 0 bridgehead atoms. The molecule has 13 heavy (non-hydrogen) atoms. The van der Waals surface area contributed by atoms with Gasteiger partial charge in [0.2, 0.25) is 0 Å². The highest BCUT2D eigenvalue weighted by Gasteiger charge is 2.39. The van der Waals surface area contributed by atoms with E-state index in [4.69, 9.17) is 9.84 Å². The van der Waals surface area contributed by atoms with Crippen molar-refractivity contribution in [2.75, 3.05) is 6.61 Å². The molecular formula is C9H16O4. The van der Waals surface area contributed by atoms with Crippen LogP contribution in [0.25, 0.3) is 0 Å². The van der Waals surface area contributed by atoms with Gasteiger partial charge in [0.15, 0.2) is 0 Å². The Hall–Kier alpha value is -0.610. The zero-order chi connectivity index (χ0) is 10.0. The van der Waals surface area contributed by atoms with Crippen molar-refractivity contribution in [3.8, 4) is 0 Å². The second kappa shape index (κ2) is 4.07. The standard InChI is InChI=1S/C9H16O4/c1-5-7(3-4-10)13-9(12)6(2)8(5)11/h5-8,10-11H,3-4H2,1-2H3/t5-,6-,7+,8-/m0/s1. The monoisotopic (exact) mass is 188 g/mol. The molecule has 0 radical (unpaired) electrons. The van der Waals surface area contributed by atoms with Gasteiger partial charge in [0.25, 0.3) is 0 Å². The maximum absolute atomic E-state index is 11.2. The quantitative estimate of drug-likeness (QED) is 0.595. The maximum atomic E-state index is 11.2. The summed E-state index contributed by atoms with van der Waals surface area (Å²) in [5.74, 6) is -0.922. The molecule has 4 atom stereocenters. The van der Waals surface area contributed by atoms with Crippen molar-refractivity contribution in [3.05, 3.63) is 0 Å².